The molecule has 0 heterocycles. The SMILES string of the molecule is CC[C](CC1CCCCC1)C1CCCC1. The quantitative estimate of drug-likeness (QED) is 0.599. The fraction of sp³-hybridized carbons (Fsp3) is 0.933. The van der Waals surface area contributed by atoms with Gasteiger partial charge in [0.05, 0.1) is 0 Å². The first kappa shape index (κ1) is 11.5. The van der Waals surface area contributed by atoms with Crippen LogP contribution in [0.2, 0.25) is 0 Å². The standard InChI is InChI=1S/C15H27/c1-2-14(15-10-6-7-11-15)12-13-8-4-3-5-9-13/h13,15H,2-12H2,1H3. The first-order chi connectivity index (χ1) is 7.40. The van der Waals surface area contributed by atoms with Crippen LogP contribution in [-0.2, 0) is 0 Å². The van der Waals surface area contributed by atoms with E-state index in [2.05, 4.69) is 6.92 Å². The lowest BCUT2D eigenvalue weighted by atomic mass is 9.77. The van der Waals surface area contributed by atoms with Gasteiger partial charge in [-0.2, -0.15) is 0 Å². The summed E-state index contributed by atoms with van der Waals surface area (Å²) in [5, 5.41) is 0. The summed E-state index contributed by atoms with van der Waals surface area (Å²) in [5.41, 5.74) is 0. The van der Waals surface area contributed by atoms with Crippen LogP contribution in [0.3, 0.4) is 0 Å². The molecule has 0 aromatic carbocycles. The van der Waals surface area contributed by atoms with Crippen LogP contribution >= 0.6 is 0 Å². The predicted octanol–water partition coefficient (Wildman–Crippen LogP) is 5.13. The molecule has 2 aliphatic carbocycles. The molecule has 0 amide bonds. The highest BCUT2D eigenvalue weighted by Gasteiger charge is 2.27. The van der Waals surface area contributed by atoms with Gasteiger partial charge in [0.25, 0.3) is 0 Å². The van der Waals surface area contributed by atoms with Gasteiger partial charge in [0.1, 0.15) is 0 Å². The second-order valence-electron chi connectivity index (χ2n) is 5.70. The molecule has 0 N–H and O–H groups in total. The molecule has 2 rings (SSSR count). The van der Waals surface area contributed by atoms with E-state index in [4.69, 9.17) is 0 Å². The molecule has 0 aliphatic heterocycles. The van der Waals surface area contributed by atoms with Gasteiger partial charge in [0, 0.05) is 0 Å². The van der Waals surface area contributed by atoms with E-state index in [9.17, 15) is 0 Å². The molecule has 15 heavy (non-hydrogen) atoms. The van der Waals surface area contributed by atoms with Crippen molar-refractivity contribution in [1.82, 2.24) is 0 Å². The Labute approximate surface area is 95.8 Å². The Morgan fingerprint density at radius 1 is 0.867 bits per heavy atom. The zero-order chi connectivity index (χ0) is 10.5. The number of hydrogen-bond acceptors (Lipinski definition) is 0. The monoisotopic (exact) mass is 207 g/mol. The number of hydrogen-bond donors (Lipinski definition) is 0. The Morgan fingerprint density at radius 2 is 1.47 bits per heavy atom. The van der Waals surface area contributed by atoms with Gasteiger partial charge in [-0.1, -0.05) is 51.9 Å². The molecule has 0 aromatic heterocycles. The Kier molecular flexibility index (Phi) is 4.53. The molecular weight excluding hydrogens is 180 g/mol. The molecule has 0 atom stereocenters. The Balaban J connectivity index is 1.78. The third-order valence-corrected chi connectivity index (χ3v) is 4.66. The molecule has 2 fully saturated rings. The van der Waals surface area contributed by atoms with Crippen LogP contribution in [0.25, 0.3) is 0 Å². The average Bonchev–Trinajstić information content (AvgIpc) is 2.81. The summed E-state index contributed by atoms with van der Waals surface area (Å²) in [7, 11) is 0. The third-order valence-electron chi connectivity index (χ3n) is 4.66. The van der Waals surface area contributed by atoms with Crippen molar-refractivity contribution in [3.63, 3.8) is 0 Å². The van der Waals surface area contributed by atoms with Crippen LogP contribution in [0.1, 0.15) is 77.6 Å². The summed E-state index contributed by atoms with van der Waals surface area (Å²) in [6, 6.07) is 0. The zero-order valence-electron chi connectivity index (χ0n) is 10.4. The number of rotatable bonds is 4. The first-order valence-electron chi connectivity index (χ1n) is 7.24. The predicted molar refractivity (Wildman–Crippen MR) is 66.7 cm³/mol. The lowest BCUT2D eigenvalue weighted by molar-refractivity contribution is 0.320. The largest absolute Gasteiger partial charge is 0.0648 e. The van der Waals surface area contributed by atoms with Crippen molar-refractivity contribution in [3.05, 3.63) is 5.92 Å². The normalized spacial score (nSPS) is 25.2. The van der Waals surface area contributed by atoms with E-state index >= 15 is 0 Å². The van der Waals surface area contributed by atoms with Crippen LogP contribution in [0.15, 0.2) is 0 Å². The smallest absolute Gasteiger partial charge is 0.0210 e. The van der Waals surface area contributed by atoms with Crippen LogP contribution in [0.5, 0.6) is 0 Å². The molecule has 0 aromatic rings. The maximum atomic E-state index is 2.39. The van der Waals surface area contributed by atoms with E-state index in [1.165, 1.54) is 70.6 Å². The van der Waals surface area contributed by atoms with Gasteiger partial charge >= 0.3 is 0 Å². The summed E-state index contributed by atoms with van der Waals surface area (Å²) < 4.78 is 0. The first-order valence-corrected chi connectivity index (χ1v) is 7.24. The topological polar surface area (TPSA) is 0 Å². The lowest BCUT2D eigenvalue weighted by Crippen LogP contribution is -2.15. The Hall–Kier alpha value is 0. The van der Waals surface area contributed by atoms with Crippen molar-refractivity contribution in [2.75, 3.05) is 0 Å². The van der Waals surface area contributed by atoms with Crippen LogP contribution in [-0.4, -0.2) is 0 Å². The molecule has 0 nitrogen and oxygen atoms in total. The summed E-state index contributed by atoms with van der Waals surface area (Å²) in [6.45, 7) is 2.39. The molecule has 0 bridgehead atoms. The van der Waals surface area contributed by atoms with Crippen LogP contribution in [0, 0.1) is 17.8 Å². The highest BCUT2D eigenvalue weighted by Crippen LogP contribution is 2.40. The third kappa shape index (κ3) is 3.23. The molecule has 0 unspecified atom stereocenters. The highest BCUT2D eigenvalue weighted by molar-refractivity contribution is 4.99. The average molecular weight is 207 g/mol. The molecular formula is C15H27. The minimum absolute atomic E-state index is 1.02. The van der Waals surface area contributed by atoms with Gasteiger partial charge in [-0.25, -0.2) is 0 Å². The van der Waals surface area contributed by atoms with Crippen LogP contribution < -0.4 is 0 Å². The maximum Gasteiger partial charge on any atom is -0.0210 e. The van der Waals surface area contributed by atoms with E-state index < -0.39 is 0 Å². The van der Waals surface area contributed by atoms with Gasteiger partial charge in [-0.3, -0.25) is 0 Å². The van der Waals surface area contributed by atoms with E-state index in [0.717, 1.165) is 11.8 Å². The molecule has 1 radical (unpaired) electrons. The van der Waals surface area contributed by atoms with E-state index in [-0.39, 0.29) is 0 Å². The Morgan fingerprint density at radius 3 is 2.07 bits per heavy atom. The van der Waals surface area contributed by atoms with Gasteiger partial charge in [-0.05, 0) is 43.4 Å². The molecule has 2 aliphatic rings. The fourth-order valence-corrected chi connectivity index (χ4v) is 3.70. The van der Waals surface area contributed by atoms with Gasteiger partial charge in [-0.15, -0.1) is 0 Å². The summed E-state index contributed by atoms with van der Waals surface area (Å²) in [6.07, 6.45) is 16.4. The van der Waals surface area contributed by atoms with Gasteiger partial charge in [0.2, 0.25) is 0 Å². The fourth-order valence-electron chi connectivity index (χ4n) is 3.70. The molecule has 0 spiro atoms. The Bertz CT molecular complexity index is 161. The zero-order valence-corrected chi connectivity index (χ0v) is 10.4. The van der Waals surface area contributed by atoms with E-state index in [1.54, 1.807) is 0 Å². The summed E-state index contributed by atoms with van der Waals surface area (Å²) >= 11 is 0. The lowest BCUT2D eigenvalue weighted by Gasteiger charge is -2.29. The highest BCUT2D eigenvalue weighted by atomic mass is 14.3. The minimum Gasteiger partial charge on any atom is -0.0648 e. The van der Waals surface area contributed by atoms with E-state index in [1.807, 2.05) is 5.92 Å². The van der Waals surface area contributed by atoms with Gasteiger partial charge < -0.3 is 0 Å². The van der Waals surface area contributed by atoms with Crippen LogP contribution in [0.4, 0.5) is 0 Å². The molecule has 87 valence electrons. The molecule has 0 saturated heterocycles. The molecule has 2 saturated carbocycles. The second kappa shape index (κ2) is 5.92. The molecule has 0 heteroatoms. The van der Waals surface area contributed by atoms with E-state index in [0.29, 0.717) is 0 Å². The van der Waals surface area contributed by atoms with Crippen molar-refractivity contribution in [1.29, 1.82) is 0 Å². The van der Waals surface area contributed by atoms with Crippen molar-refractivity contribution in [3.8, 4) is 0 Å². The van der Waals surface area contributed by atoms with Crippen molar-refractivity contribution in [2.24, 2.45) is 11.8 Å². The summed E-state index contributed by atoms with van der Waals surface area (Å²) in [4.78, 5) is 0. The maximum absolute atomic E-state index is 2.39. The van der Waals surface area contributed by atoms with Crippen molar-refractivity contribution < 1.29 is 0 Å². The summed E-state index contributed by atoms with van der Waals surface area (Å²) in [5.74, 6) is 4.02. The minimum atomic E-state index is 1.02. The second-order valence-corrected chi connectivity index (χ2v) is 5.70. The van der Waals surface area contributed by atoms with Crippen molar-refractivity contribution in [2.45, 2.75) is 77.6 Å². The van der Waals surface area contributed by atoms with Gasteiger partial charge in [0.15, 0.2) is 0 Å². The van der Waals surface area contributed by atoms with Crippen molar-refractivity contribution >= 4 is 0 Å².